The van der Waals surface area contributed by atoms with Gasteiger partial charge >= 0.3 is 12.1 Å². The molecule has 0 spiro atoms. The molecule has 0 fully saturated rings. The number of carbonyl (C=O) groups excluding carboxylic acids is 2. The largest absolute Gasteiger partial charge is 0.508 e. The number of ether oxygens (including phenoxy) is 3. The van der Waals surface area contributed by atoms with E-state index in [1.807, 2.05) is 39.0 Å². The molecule has 2 atom stereocenters. The van der Waals surface area contributed by atoms with Crippen LogP contribution in [-0.2, 0) is 25.4 Å². The summed E-state index contributed by atoms with van der Waals surface area (Å²) in [7, 11) is 0. The van der Waals surface area contributed by atoms with Crippen LogP contribution in [0.3, 0.4) is 0 Å². The Morgan fingerprint density at radius 1 is 0.838 bits per heavy atom. The van der Waals surface area contributed by atoms with Gasteiger partial charge in [0.1, 0.15) is 11.2 Å². The highest BCUT2D eigenvalue weighted by Crippen LogP contribution is 2.43. The van der Waals surface area contributed by atoms with Gasteiger partial charge in [0.15, 0.2) is 0 Å². The van der Waals surface area contributed by atoms with Crippen molar-refractivity contribution in [3.8, 4) is 0 Å². The minimum atomic E-state index is -0.639. The van der Waals surface area contributed by atoms with Gasteiger partial charge in [-0.15, -0.1) is 0 Å². The van der Waals surface area contributed by atoms with Gasteiger partial charge < -0.3 is 14.2 Å². The van der Waals surface area contributed by atoms with Crippen LogP contribution in [0.4, 0.5) is 4.79 Å². The lowest BCUT2D eigenvalue weighted by molar-refractivity contribution is -0.176. The van der Waals surface area contributed by atoms with E-state index in [1.165, 1.54) is 12.0 Å². The van der Waals surface area contributed by atoms with Crippen LogP contribution in [0.5, 0.6) is 0 Å². The van der Waals surface area contributed by atoms with E-state index < -0.39 is 17.4 Å². The summed E-state index contributed by atoms with van der Waals surface area (Å²) >= 11 is 0. The molecule has 0 aliphatic rings. The second-order valence-corrected chi connectivity index (χ2v) is 12.0. The molecule has 0 saturated carbocycles. The zero-order chi connectivity index (χ0) is 28.0. The van der Waals surface area contributed by atoms with Gasteiger partial charge in [-0.2, -0.15) is 0 Å². The van der Waals surface area contributed by atoms with E-state index in [0.29, 0.717) is 25.2 Å². The minimum absolute atomic E-state index is 0.133. The molecule has 212 valence electrons. The maximum absolute atomic E-state index is 12.7. The lowest BCUT2D eigenvalue weighted by Gasteiger charge is -2.45. The molecule has 5 heteroatoms. The molecule has 0 amide bonds. The maximum atomic E-state index is 12.7. The number of hydrogen-bond acceptors (Lipinski definition) is 5. The summed E-state index contributed by atoms with van der Waals surface area (Å²) in [6, 6.07) is 10.3. The van der Waals surface area contributed by atoms with Crippen LogP contribution >= 0.6 is 0 Å². The molecular formula is C32H54O5. The first-order valence-electron chi connectivity index (χ1n) is 14.5. The number of unbranched alkanes of at least 4 members (excludes halogenated alkanes) is 2. The number of hydrogen-bond donors (Lipinski definition) is 0. The normalized spacial score (nSPS) is 15.1. The number of rotatable bonds is 18. The fourth-order valence-electron chi connectivity index (χ4n) is 4.77. The smallest absolute Gasteiger partial charge is 0.459 e. The lowest BCUT2D eigenvalue weighted by atomic mass is 9.68. The van der Waals surface area contributed by atoms with Crippen molar-refractivity contribution in [2.24, 2.45) is 11.3 Å². The Morgan fingerprint density at radius 3 is 2.11 bits per heavy atom. The van der Waals surface area contributed by atoms with Crippen molar-refractivity contribution in [3.05, 3.63) is 35.9 Å². The molecule has 1 aromatic carbocycles. The van der Waals surface area contributed by atoms with E-state index in [4.69, 9.17) is 14.2 Å². The molecule has 5 nitrogen and oxygen atoms in total. The molecule has 0 radical (unpaired) electrons. The molecule has 1 rings (SSSR count). The Balaban J connectivity index is 2.50. The van der Waals surface area contributed by atoms with Gasteiger partial charge in [-0.1, -0.05) is 84.2 Å². The number of aryl methyl sites for hydroxylation is 1. The molecule has 2 unspecified atom stereocenters. The minimum Gasteiger partial charge on any atom is -0.459 e. The fraction of sp³-hybridized carbons (Fsp3) is 0.750. The highest BCUT2D eigenvalue weighted by atomic mass is 16.7. The Labute approximate surface area is 227 Å². The van der Waals surface area contributed by atoms with Crippen LogP contribution in [0.2, 0.25) is 0 Å². The van der Waals surface area contributed by atoms with Gasteiger partial charge in [-0.25, -0.2) is 4.79 Å². The monoisotopic (exact) mass is 518 g/mol. The van der Waals surface area contributed by atoms with Gasteiger partial charge in [0.25, 0.3) is 0 Å². The number of carbonyl (C=O) groups is 2. The van der Waals surface area contributed by atoms with Gasteiger partial charge in [0.2, 0.25) is 0 Å². The zero-order valence-electron chi connectivity index (χ0n) is 25.0. The SMILES string of the molecule is CCC(C)(CCOC(=O)OC(C)(C)CCCc1ccccc1)C(C)(CC)OC(=O)CCCCCC(C)C. The molecule has 0 N–H and O–H groups in total. The second kappa shape index (κ2) is 16.0. The van der Waals surface area contributed by atoms with Gasteiger partial charge in [0, 0.05) is 11.8 Å². The van der Waals surface area contributed by atoms with Gasteiger partial charge in [-0.3, -0.25) is 4.79 Å². The predicted octanol–water partition coefficient (Wildman–Crippen LogP) is 9.07. The number of esters is 1. The van der Waals surface area contributed by atoms with E-state index in [-0.39, 0.29) is 18.0 Å². The van der Waals surface area contributed by atoms with E-state index in [0.717, 1.165) is 44.9 Å². The standard InChI is InChI=1S/C32H54O5/c1-9-31(7,32(8,10-2)36-28(33)22-16-11-13-18-26(3)4)24-25-35-29(34)37-30(5,6)23-17-21-27-19-14-12-15-20-27/h12,14-15,19-20,26H,9-11,13,16-18,21-25H2,1-8H3. The average molecular weight is 519 g/mol. The van der Waals surface area contributed by atoms with E-state index in [1.54, 1.807) is 0 Å². The van der Waals surface area contributed by atoms with Crippen LogP contribution in [0.1, 0.15) is 125 Å². The Hall–Kier alpha value is -2.04. The molecule has 0 aliphatic heterocycles. The second-order valence-electron chi connectivity index (χ2n) is 12.0. The van der Waals surface area contributed by atoms with Crippen molar-refractivity contribution in [2.45, 2.75) is 137 Å². The predicted molar refractivity (Wildman–Crippen MR) is 152 cm³/mol. The molecular weight excluding hydrogens is 464 g/mol. The van der Waals surface area contributed by atoms with Crippen molar-refractivity contribution >= 4 is 12.1 Å². The molecule has 37 heavy (non-hydrogen) atoms. The summed E-state index contributed by atoms with van der Waals surface area (Å²) in [5.74, 6) is 0.567. The van der Waals surface area contributed by atoms with E-state index >= 15 is 0 Å². The topological polar surface area (TPSA) is 61.8 Å². The van der Waals surface area contributed by atoms with Crippen LogP contribution < -0.4 is 0 Å². The first-order valence-corrected chi connectivity index (χ1v) is 14.5. The van der Waals surface area contributed by atoms with Crippen LogP contribution in [0.15, 0.2) is 30.3 Å². The van der Waals surface area contributed by atoms with Crippen LogP contribution in [0.25, 0.3) is 0 Å². The first kappa shape index (κ1) is 33.0. The summed E-state index contributed by atoms with van der Waals surface area (Å²) in [5, 5.41) is 0. The van der Waals surface area contributed by atoms with E-state index in [9.17, 15) is 9.59 Å². The maximum Gasteiger partial charge on any atom is 0.508 e. The average Bonchev–Trinajstić information content (AvgIpc) is 2.83. The van der Waals surface area contributed by atoms with Crippen molar-refractivity contribution in [2.75, 3.05) is 6.61 Å². The molecule has 0 aromatic heterocycles. The fourth-order valence-corrected chi connectivity index (χ4v) is 4.77. The molecule has 0 aliphatic carbocycles. The summed E-state index contributed by atoms with van der Waals surface area (Å²) < 4.78 is 17.2. The molecule has 1 aromatic rings. The van der Waals surface area contributed by atoms with Gasteiger partial charge in [-0.05, 0) is 77.2 Å². The van der Waals surface area contributed by atoms with Crippen LogP contribution in [0, 0.1) is 11.3 Å². The lowest BCUT2D eigenvalue weighted by Crippen LogP contribution is -2.47. The van der Waals surface area contributed by atoms with Crippen molar-refractivity contribution in [1.82, 2.24) is 0 Å². The summed E-state index contributed by atoms with van der Waals surface area (Å²) in [6.45, 7) is 16.8. The summed E-state index contributed by atoms with van der Waals surface area (Å²) in [6.07, 6.45) is 8.82. The zero-order valence-corrected chi connectivity index (χ0v) is 25.0. The molecule has 0 saturated heterocycles. The Bertz CT molecular complexity index is 788. The van der Waals surface area contributed by atoms with E-state index in [2.05, 4.69) is 46.8 Å². The van der Waals surface area contributed by atoms with Crippen molar-refractivity contribution < 1.29 is 23.8 Å². The summed E-state index contributed by atoms with van der Waals surface area (Å²) in [4.78, 5) is 25.1. The third kappa shape index (κ3) is 12.4. The quantitative estimate of drug-likeness (QED) is 0.143. The third-order valence-corrected chi connectivity index (χ3v) is 8.05. The van der Waals surface area contributed by atoms with Crippen molar-refractivity contribution in [3.63, 3.8) is 0 Å². The van der Waals surface area contributed by atoms with Crippen molar-refractivity contribution in [1.29, 1.82) is 0 Å². The summed E-state index contributed by atoms with van der Waals surface area (Å²) in [5.41, 5.74) is -0.255. The molecule has 0 bridgehead atoms. The highest BCUT2D eigenvalue weighted by Gasteiger charge is 2.45. The third-order valence-electron chi connectivity index (χ3n) is 8.05. The number of benzene rings is 1. The Morgan fingerprint density at radius 2 is 1.51 bits per heavy atom. The van der Waals surface area contributed by atoms with Gasteiger partial charge in [0.05, 0.1) is 6.61 Å². The molecule has 0 heterocycles. The first-order chi connectivity index (χ1) is 17.4. The Kier molecular flexibility index (Phi) is 14.3. The highest BCUT2D eigenvalue weighted by molar-refractivity contribution is 5.70. The van der Waals surface area contributed by atoms with Crippen LogP contribution in [-0.4, -0.2) is 29.9 Å².